The highest BCUT2D eigenvalue weighted by Crippen LogP contribution is 2.49. The number of nitrogens with zero attached hydrogens (tertiary/aromatic N) is 4. The highest BCUT2D eigenvalue weighted by molar-refractivity contribution is 8.03. The van der Waals surface area contributed by atoms with Crippen LogP contribution in [0.1, 0.15) is 110 Å². The zero-order valence-corrected chi connectivity index (χ0v) is 41.1. The number of fused-ring (bicyclic) bond motifs is 2. The number of aliphatic hydroxyl groups is 2. The fourth-order valence-electron chi connectivity index (χ4n) is 9.83. The van der Waals surface area contributed by atoms with E-state index < -0.39 is 52.7 Å². The Bertz CT molecular complexity index is 2710. The van der Waals surface area contributed by atoms with E-state index in [0.29, 0.717) is 29.7 Å². The average molecular weight is 977 g/mol. The van der Waals surface area contributed by atoms with Crippen LogP contribution in [0.4, 0.5) is 26.0 Å². The maximum atomic E-state index is 14.8. The molecule has 1 aliphatic carbocycles. The number of carbonyl (C=O) groups is 1. The molecule has 0 spiro atoms. The molecule has 1 fully saturated rings. The Kier molecular flexibility index (Phi) is 15.8. The van der Waals surface area contributed by atoms with Gasteiger partial charge < -0.3 is 25.2 Å². The number of rotatable bonds is 19. The number of hydrogen-bond acceptors (Lipinski definition) is 10. The largest absolute Gasteiger partial charge is 0.394 e. The van der Waals surface area contributed by atoms with Crippen molar-refractivity contribution in [3.05, 3.63) is 128 Å². The number of anilines is 2. The van der Waals surface area contributed by atoms with Crippen LogP contribution in [0.5, 0.6) is 0 Å². The molecule has 4 heterocycles. The van der Waals surface area contributed by atoms with Crippen LogP contribution in [0, 0.1) is 0 Å². The summed E-state index contributed by atoms with van der Waals surface area (Å²) in [4.78, 5) is 33.4. The summed E-state index contributed by atoms with van der Waals surface area (Å²) in [5.41, 5.74) is 7.57. The number of alkyl halides is 2. The van der Waals surface area contributed by atoms with Crippen LogP contribution in [0.2, 0.25) is 0 Å². The molecule has 68 heavy (non-hydrogen) atoms. The number of amides is 1. The SMILES string of the molecule is CCCCC[N+]1=C(/C=C/C2=C(SCCC(=O)Nc3ccn(C4OC(CO)C(O)C4(F)F)c(=O)n3)C(=C/C=C3/N(CCCCS(=O)(=O)O)c4ccccc4C3(C)C)/CCC2)C(C)(C)c2ccccc21. The van der Waals surface area contributed by atoms with E-state index in [1.165, 1.54) is 23.0 Å². The quantitative estimate of drug-likeness (QED) is 0.0514. The molecule has 3 aliphatic heterocycles. The summed E-state index contributed by atoms with van der Waals surface area (Å²) >= 11 is 1.58. The molecule has 4 N–H and O–H groups in total. The molecule has 3 atom stereocenters. The summed E-state index contributed by atoms with van der Waals surface area (Å²) < 4.78 is 70.1. The van der Waals surface area contributed by atoms with E-state index in [-0.39, 0.29) is 28.8 Å². The van der Waals surface area contributed by atoms with Crippen molar-refractivity contribution in [2.24, 2.45) is 0 Å². The highest BCUT2D eigenvalue weighted by Gasteiger charge is 2.59. The van der Waals surface area contributed by atoms with Gasteiger partial charge in [0.05, 0.1) is 17.8 Å². The third kappa shape index (κ3) is 10.8. The van der Waals surface area contributed by atoms with Crippen molar-refractivity contribution < 1.29 is 46.1 Å². The molecule has 1 saturated heterocycles. The molecule has 1 aromatic heterocycles. The van der Waals surface area contributed by atoms with Gasteiger partial charge in [-0.05, 0) is 87.3 Å². The lowest BCUT2D eigenvalue weighted by molar-refractivity contribution is -0.438. The lowest BCUT2D eigenvalue weighted by Gasteiger charge is -2.27. The number of unbranched alkanes of at least 4 members (excludes halogenated alkanes) is 3. The molecule has 0 saturated carbocycles. The number of aliphatic hydroxyl groups excluding tert-OH is 2. The predicted octanol–water partition coefficient (Wildman–Crippen LogP) is 8.73. The summed E-state index contributed by atoms with van der Waals surface area (Å²) in [5, 5.41) is 21.9. The summed E-state index contributed by atoms with van der Waals surface area (Å²) in [5.74, 6) is -4.36. The van der Waals surface area contributed by atoms with Crippen molar-refractivity contribution in [2.45, 2.75) is 128 Å². The molecular formula is C51H64F2N5O8S2+. The van der Waals surface area contributed by atoms with Gasteiger partial charge in [-0.3, -0.25) is 13.9 Å². The van der Waals surface area contributed by atoms with Crippen LogP contribution in [0.25, 0.3) is 0 Å². The Hall–Kier alpha value is -4.78. The standard InChI is InChI=1S/C51H63F2N5O8S2/c1-6-7-12-28-56-38-20-10-8-18-36(38)49(2,3)41(56)24-22-34-16-15-17-35(23-25-42-50(4,5)37-19-9-11-21-39(37)57(42)29-13-14-32-68(63,64)65)45(34)67-31-27-44(60)54-43-26-30-58(48(62)55-43)47-51(52,53)46(61)40(33-59)66-47/h8-11,18-26,30,40,46-47,59,61H,6-7,12-17,27-29,31-33H2,1-5H3,(H-,54,55,60,62,63,64,65)/p+1. The lowest BCUT2D eigenvalue weighted by atomic mass is 9.81. The Morgan fingerprint density at radius 3 is 2.43 bits per heavy atom. The van der Waals surface area contributed by atoms with E-state index in [9.17, 15) is 41.6 Å². The van der Waals surface area contributed by atoms with Crippen LogP contribution in [0.3, 0.4) is 0 Å². The number of carbonyl (C=O) groups excluding carboxylic acids is 1. The third-order valence-corrected chi connectivity index (χ3v) is 15.5. The van der Waals surface area contributed by atoms with Crippen LogP contribution in [-0.4, -0.2) is 98.3 Å². The minimum absolute atomic E-state index is 0.0447. The Morgan fingerprint density at radius 2 is 1.72 bits per heavy atom. The van der Waals surface area contributed by atoms with Crippen molar-refractivity contribution in [3.63, 3.8) is 0 Å². The fourth-order valence-corrected chi connectivity index (χ4v) is 11.6. The highest BCUT2D eigenvalue weighted by atomic mass is 32.2. The minimum Gasteiger partial charge on any atom is -0.394 e. The van der Waals surface area contributed by atoms with Crippen molar-refractivity contribution in [1.29, 1.82) is 0 Å². The molecule has 4 aliphatic rings. The molecule has 13 nitrogen and oxygen atoms in total. The fraction of sp³-hybridized carbons (Fsp3) is 0.490. The van der Waals surface area contributed by atoms with Crippen LogP contribution in [0.15, 0.2) is 112 Å². The summed E-state index contributed by atoms with van der Waals surface area (Å²) in [6.45, 7) is 11.7. The van der Waals surface area contributed by atoms with Gasteiger partial charge in [0.15, 0.2) is 11.8 Å². The topological polar surface area (TPSA) is 174 Å². The predicted molar refractivity (Wildman–Crippen MR) is 264 cm³/mol. The zero-order chi connectivity index (χ0) is 49.0. The van der Waals surface area contributed by atoms with Gasteiger partial charge in [-0.1, -0.05) is 75.7 Å². The second-order valence-electron chi connectivity index (χ2n) is 18.9. The first kappa shape index (κ1) is 51.1. The molecular weight excluding hydrogens is 913 g/mol. The van der Waals surface area contributed by atoms with Crippen LogP contribution < -0.4 is 15.9 Å². The lowest BCUT2D eigenvalue weighted by Crippen LogP contribution is -2.41. The number of hydrogen-bond donors (Lipinski definition) is 4. The number of benzene rings is 2. The average Bonchev–Trinajstić information content (AvgIpc) is 3.75. The van der Waals surface area contributed by atoms with Gasteiger partial charge in [0.1, 0.15) is 18.5 Å². The van der Waals surface area contributed by atoms with Gasteiger partial charge in [-0.25, -0.2) is 4.79 Å². The van der Waals surface area contributed by atoms with Crippen molar-refractivity contribution in [3.8, 4) is 0 Å². The molecule has 3 aromatic rings. The van der Waals surface area contributed by atoms with Crippen LogP contribution >= 0.6 is 11.8 Å². The van der Waals surface area contributed by atoms with Gasteiger partial charge in [-0.15, -0.1) is 11.8 Å². The maximum absolute atomic E-state index is 14.8. The van der Waals surface area contributed by atoms with Crippen LogP contribution in [-0.2, 0) is 30.5 Å². The molecule has 366 valence electrons. The molecule has 0 radical (unpaired) electrons. The zero-order valence-electron chi connectivity index (χ0n) is 39.5. The van der Waals surface area contributed by atoms with Gasteiger partial charge >= 0.3 is 11.6 Å². The number of nitrogens with one attached hydrogen (secondary N) is 1. The van der Waals surface area contributed by atoms with Crippen molar-refractivity contribution in [1.82, 2.24) is 9.55 Å². The normalized spacial score (nSPS) is 23.0. The first-order valence-corrected chi connectivity index (χ1v) is 26.1. The number of thioether (sulfide) groups is 1. The summed E-state index contributed by atoms with van der Waals surface area (Å²) in [6, 6.07) is 18.0. The number of aromatic nitrogens is 2. The third-order valence-electron chi connectivity index (χ3n) is 13.5. The van der Waals surface area contributed by atoms with Gasteiger partial charge in [0, 0.05) is 70.7 Å². The first-order valence-electron chi connectivity index (χ1n) is 23.5. The minimum atomic E-state index is -4.08. The number of ether oxygens (including phenoxy) is 1. The monoisotopic (exact) mass is 976 g/mol. The van der Waals surface area contributed by atoms with Gasteiger partial charge in [-0.2, -0.15) is 26.8 Å². The van der Waals surface area contributed by atoms with E-state index in [1.807, 2.05) is 12.1 Å². The second-order valence-corrected chi connectivity index (χ2v) is 21.6. The maximum Gasteiger partial charge on any atom is 0.351 e. The van der Waals surface area contributed by atoms with Gasteiger partial charge in [0.25, 0.3) is 10.1 Å². The molecule has 17 heteroatoms. The molecule has 3 unspecified atom stereocenters. The van der Waals surface area contributed by atoms with Crippen molar-refractivity contribution in [2.75, 3.05) is 41.4 Å². The Labute approximate surface area is 402 Å². The number of allylic oxidation sites excluding steroid dienone is 7. The van der Waals surface area contributed by atoms with E-state index >= 15 is 0 Å². The van der Waals surface area contributed by atoms with Gasteiger partial charge in [0.2, 0.25) is 17.8 Å². The molecule has 0 bridgehead atoms. The summed E-state index contributed by atoms with van der Waals surface area (Å²) in [7, 11) is -4.08. The molecule has 2 aromatic carbocycles. The van der Waals surface area contributed by atoms with E-state index in [0.717, 1.165) is 84.3 Å². The van der Waals surface area contributed by atoms with E-state index in [2.05, 4.69) is 115 Å². The molecule has 1 amide bonds. The smallest absolute Gasteiger partial charge is 0.351 e. The summed E-state index contributed by atoms with van der Waals surface area (Å²) in [6.07, 6.45) is 10.6. The number of para-hydroxylation sites is 2. The number of halogens is 2. The Morgan fingerprint density at radius 1 is 0.985 bits per heavy atom. The van der Waals surface area contributed by atoms with E-state index in [1.54, 1.807) is 11.8 Å². The van der Waals surface area contributed by atoms with E-state index in [4.69, 9.17) is 4.74 Å². The first-order chi connectivity index (χ1) is 32.3. The second kappa shape index (κ2) is 21.1. The Balaban J connectivity index is 1.18. The molecule has 7 rings (SSSR count). The van der Waals surface area contributed by atoms with Crippen molar-refractivity contribution >= 4 is 50.7 Å².